The van der Waals surface area contributed by atoms with Crippen LogP contribution in [0.1, 0.15) is 5.56 Å². The van der Waals surface area contributed by atoms with E-state index >= 15 is 0 Å². The first-order chi connectivity index (χ1) is 14.3. The number of ether oxygens (including phenoxy) is 1. The summed E-state index contributed by atoms with van der Waals surface area (Å²) in [5, 5.41) is 0.673. The van der Waals surface area contributed by atoms with Crippen molar-refractivity contribution in [3.63, 3.8) is 0 Å². The second-order valence-electron chi connectivity index (χ2n) is 6.88. The molecule has 0 spiro atoms. The fourth-order valence-electron chi connectivity index (χ4n) is 3.29. The summed E-state index contributed by atoms with van der Waals surface area (Å²) in [4.78, 5) is 2.49. The van der Waals surface area contributed by atoms with Crippen LogP contribution in [0.25, 0.3) is 0 Å². The van der Waals surface area contributed by atoms with Crippen molar-refractivity contribution < 1.29 is 4.74 Å². The Morgan fingerprint density at radius 2 is 1.38 bits per heavy atom. The quantitative estimate of drug-likeness (QED) is 0.361. The van der Waals surface area contributed by atoms with Crippen LogP contribution in [0.15, 0.2) is 84.9 Å². The van der Waals surface area contributed by atoms with Crippen molar-refractivity contribution in [2.24, 2.45) is 0 Å². The van der Waals surface area contributed by atoms with Gasteiger partial charge in [0.25, 0.3) is 0 Å². The van der Waals surface area contributed by atoms with E-state index in [2.05, 4.69) is 89.8 Å². The van der Waals surface area contributed by atoms with E-state index in [1.807, 2.05) is 9.80 Å². The Morgan fingerprint density at radius 1 is 0.828 bits per heavy atom. The van der Waals surface area contributed by atoms with E-state index in [0.717, 1.165) is 32.8 Å². The molecule has 0 saturated carbocycles. The molecule has 1 aliphatic heterocycles. The summed E-state index contributed by atoms with van der Waals surface area (Å²) < 4.78 is 6.96. The van der Waals surface area contributed by atoms with Crippen LogP contribution in [0.3, 0.4) is 0 Å². The van der Waals surface area contributed by atoms with Crippen LogP contribution in [-0.4, -0.2) is 45.0 Å². The summed E-state index contributed by atoms with van der Waals surface area (Å²) in [5.74, 6) is 0. The molecule has 3 aromatic carbocycles. The first-order valence-corrected chi connectivity index (χ1v) is 16.8. The van der Waals surface area contributed by atoms with Gasteiger partial charge in [0.1, 0.15) is 0 Å². The maximum atomic E-state index is 6.40. The molecule has 29 heavy (non-hydrogen) atoms. The van der Waals surface area contributed by atoms with E-state index < -0.39 is 5.24 Å². The van der Waals surface area contributed by atoms with Gasteiger partial charge in [-0.05, 0) is 0 Å². The van der Waals surface area contributed by atoms with E-state index in [4.69, 9.17) is 16.5 Å². The van der Waals surface area contributed by atoms with Crippen LogP contribution >= 0.6 is 15.0 Å². The second kappa shape index (κ2) is 10.4. The van der Waals surface area contributed by atoms with Crippen LogP contribution in [0, 0.1) is 0 Å². The minimum absolute atomic E-state index is 0.254. The van der Waals surface area contributed by atoms with Crippen molar-refractivity contribution in [2.75, 3.05) is 26.3 Å². The zero-order valence-corrected chi connectivity index (χ0v) is 20.4. The fourth-order valence-corrected chi connectivity index (χ4v) is 17.4. The van der Waals surface area contributed by atoms with Crippen LogP contribution < -0.4 is 15.1 Å². The molecule has 0 amide bonds. The molecule has 0 atom stereocenters. The number of morpholine rings is 1. The van der Waals surface area contributed by atoms with Gasteiger partial charge in [-0.3, -0.25) is 0 Å². The Morgan fingerprint density at radius 3 is 2.00 bits per heavy atom. The average molecular weight is 505 g/mol. The van der Waals surface area contributed by atoms with E-state index in [1.165, 1.54) is 20.6 Å². The molecular formula is C23H24NOPS2Se. The van der Waals surface area contributed by atoms with E-state index in [-0.39, 0.29) is 13.8 Å². The zero-order valence-electron chi connectivity index (χ0n) is 16.1. The molecule has 6 heteroatoms. The average Bonchev–Trinajstić information content (AvgIpc) is 2.80. The molecule has 1 aliphatic rings. The van der Waals surface area contributed by atoms with Gasteiger partial charge in [-0.1, -0.05) is 0 Å². The third-order valence-electron chi connectivity index (χ3n) is 4.89. The number of hydrogen-bond acceptors (Lipinski definition) is 4. The molecule has 4 rings (SSSR count). The molecule has 1 saturated heterocycles. The molecule has 2 nitrogen and oxygen atoms in total. The molecule has 0 N–H and O–H groups in total. The predicted molar refractivity (Wildman–Crippen MR) is 132 cm³/mol. The van der Waals surface area contributed by atoms with Gasteiger partial charge in [0.05, 0.1) is 0 Å². The third-order valence-corrected chi connectivity index (χ3v) is 20.9. The normalized spacial score (nSPS) is 15.3. The molecule has 150 valence electrons. The molecular weight excluding hydrogens is 480 g/mol. The van der Waals surface area contributed by atoms with Gasteiger partial charge in [0.15, 0.2) is 0 Å². The number of nitrogens with zero attached hydrogens (tertiary/aromatic N) is 1. The first-order valence-electron chi connectivity index (χ1n) is 9.71. The summed E-state index contributed by atoms with van der Waals surface area (Å²) >= 11 is 6.66. The zero-order chi connectivity index (χ0) is 19.9. The summed E-state index contributed by atoms with van der Waals surface area (Å²) in [5.41, 5.74) is 1.43. The van der Waals surface area contributed by atoms with Crippen molar-refractivity contribution >= 4 is 55.8 Å². The number of rotatable bonds is 7. The van der Waals surface area contributed by atoms with Crippen LogP contribution in [-0.2, 0) is 23.1 Å². The van der Waals surface area contributed by atoms with Crippen molar-refractivity contribution in [1.29, 1.82) is 0 Å². The Kier molecular flexibility index (Phi) is 7.66. The Balaban J connectivity index is 1.58. The van der Waals surface area contributed by atoms with Crippen LogP contribution in [0.5, 0.6) is 0 Å². The van der Waals surface area contributed by atoms with E-state index in [1.54, 1.807) is 0 Å². The molecule has 1 fully saturated rings. The maximum absolute atomic E-state index is 6.40. The Bertz CT molecular complexity index is 921. The van der Waals surface area contributed by atoms with Crippen molar-refractivity contribution in [3.8, 4) is 0 Å². The number of hydrogen-bond donors (Lipinski definition) is 0. The molecule has 0 aliphatic carbocycles. The van der Waals surface area contributed by atoms with Gasteiger partial charge in [0.2, 0.25) is 0 Å². The Hall–Kier alpha value is -0.901. The monoisotopic (exact) mass is 505 g/mol. The summed E-state index contributed by atoms with van der Waals surface area (Å²) in [6, 6.07) is 30.3. The van der Waals surface area contributed by atoms with E-state index in [0.29, 0.717) is 0 Å². The van der Waals surface area contributed by atoms with Crippen molar-refractivity contribution in [2.45, 2.75) is 6.54 Å². The summed E-state index contributed by atoms with van der Waals surface area (Å²) in [6.07, 6.45) is 0. The van der Waals surface area contributed by atoms with Gasteiger partial charge in [0, 0.05) is 0 Å². The standard InChI is InChI=1S/C23H24NOPS2Se/c27-26(21-10-3-1-4-11-21,22-12-5-2-6-13-22)28-29-23-14-8-7-9-20(23)19-24-15-17-25-18-16-24/h1-14H,15-19H2. The molecule has 0 bridgehead atoms. The van der Waals surface area contributed by atoms with Gasteiger partial charge in [-0.2, -0.15) is 0 Å². The van der Waals surface area contributed by atoms with Crippen molar-refractivity contribution in [1.82, 2.24) is 4.90 Å². The number of benzene rings is 3. The van der Waals surface area contributed by atoms with Gasteiger partial charge < -0.3 is 0 Å². The third kappa shape index (κ3) is 5.42. The Labute approximate surface area is 188 Å². The molecule has 0 unspecified atom stereocenters. The SMILES string of the molecule is S=P(S[Se]c1ccccc1CN1CCOCC1)(c1ccccc1)c1ccccc1. The summed E-state index contributed by atoms with van der Waals surface area (Å²) in [7, 11) is 2.00. The predicted octanol–water partition coefficient (Wildman–Crippen LogP) is 3.54. The van der Waals surface area contributed by atoms with Gasteiger partial charge in [-0.15, -0.1) is 0 Å². The van der Waals surface area contributed by atoms with E-state index in [9.17, 15) is 0 Å². The molecule has 0 radical (unpaired) electrons. The molecule has 0 aromatic heterocycles. The second-order valence-corrected chi connectivity index (χ2v) is 18.5. The topological polar surface area (TPSA) is 12.5 Å². The molecule has 3 aromatic rings. The van der Waals surface area contributed by atoms with Crippen LogP contribution in [0.2, 0.25) is 0 Å². The first kappa shape index (κ1) is 21.3. The van der Waals surface area contributed by atoms with Crippen molar-refractivity contribution in [3.05, 3.63) is 90.5 Å². The van der Waals surface area contributed by atoms with Crippen LogP contribution in [0.4, 0.5) is 0 Å². The van der Waals surface area contributed by atoms with Gasteiger partial charge >= 0.3 is 189 Å². The van der Waals surface area contributed by atoms with Gasteiger partial charge in [-0.25, -0.2) is 0 Å². The fraction of sp³-hybridized carbons (Fsp3) is 0.217. The summed E-state index contributed by atoms with van der Waals surface area (Å²) in [6.45, 7) is 4.71. The minimum atomic E-state index is -1.91. The molecule has 1 heterocycles.